The predicted octanol–water partition coefficient (Wildman–Crippen LogP) is -5.96. The van der Waals surface area contributed by atoms with Crippen LogP contribution in [0.5, 0.6) is 0 Å². The molecule has 0 aromatic rings. The average Bonchev–Trinajstić information content (AvgIpc) is 0.811. The second-order valence-electron chi connectivity index (χ2n) is 0.201. The van der Waals surface area contributed by atoms with E-state index in [2.05, 4.69) is 0 Å². The first-order chi connectivity index (χ1) is 1.73. The molecule has 0 atom stereocenters. The van der Waals surface area contributed by atoms with Crippen molar-refractivity contribution in [3.8, 4) is 0 Å². The van der Waals surface area contributed by atoms with Crippen molar-refractivity contribution < 1.29 is 31.4 Å². The van der Waals surface area contributed by atoms with Crippen LogP contribution < -0.4 is 27.9 Å². The van der Waals surface area contributed by atoms with Crippen LogP contribution in [0.15, 0.2) is 0 Å². The van der Waals surface area contributed by atoms with Crippen LogP contribution in [0.25, 0.3) is 0 Å². The van der Waals surface area contributed by atoms with E-state index in [1.165, 1.54) is 0 Å². The topological polar surface area (TPSA) is 66.3 Å². The fourth-order valence-corrected chi connectivity index (χ4v) is 0. The van der Waals surface area contributed by atoms with Gasteiger partial charge in [0.25, 0.3) is 0 Å². The maximum Gasteiger partial charge on any atom is 0.503 e. The number of halogens is 2. The molecule has 0 bridgehead atoms. The summed E-state index contributed by atoms with van der Waals surface area (Å²) in [5.74, 6) is 0. The van der Waals surface area contributed by atoms with Gasteiger partial charge >= 0.3 is 72.4 Å². The van der Waals surface area contributed by atoms with Gasteiger partial charge in [0, 0.05) is 0 Å². The Morgan fingerprint density at radius 3 is 1.33 bits per heavy atom. The van der Waals surface area contributed by atoms with E-state index in [1.54, 1.807) is 0 Å². The van der Waals surface area contributed by atoms with Crippen molar-refractivity contribution in [1.29, 1.82) is 0 Å². The van der Waals surface area contributed by atoms with Gasteiger partial charge < -0.3 is 6.87 Å². The third-order valence-corrected chi connectivity index (χ3v) is 0. The first-order valence-electron chi connectivity index (χ1n) is 0.478. The zero-order chi connectivity index (χ0) is 3.58. The zero-order valence-corrected chi connectivity index (χ0v) is 6.54. The molecule has 0 saturated heterocycles. The largest absolute Gasteiger partial charge is 0.503 e. The molecule has 3 nitrogen and oxygen atoms in total. The summed E-state index contributed by atoms with van der Waals surface area (Å²) >= 11 is -3.76. The second kappa shape index (κ2) is 10.9. The van der Waals surface area contributed by atoms with Crippen molar-refractivity contribution in [2.45, 2.75) is 0 Å². The summed E-state index contributed by atoms with van der Waals surface area (Å²) in [6.07, 6.45) is 0. The van der Waals surface area contributed by atoms with Crippen LogP contribution in [-0.2, 0) is 0 Å². The summed E-state index contributed by atoms with van der Waals surface area (Å²) in [5.41, 5.74) is 0. The Balaban J connectivity index is -0.0000000450. The van der Waals surface area contributed by atoms with Crippen LogP contribution in [-0.4, -0.2) is 54.8 Å². The smallest absolute Gasteiger partial charge is 0.396 e. The molecule has 6 heteroatoms. The summed E-state index contributed by atoms with van der Waals surface area (Å²) < 4.78 is 24.5. The van der Waals surface area contributed by atoms with Crippen LogP contribution in [0.3, 0.4) is 0 Å². The molecule has 0 heterocycles. The van der Waals surface area contributed by atoms with Gasteiger partial charge in [0.15, 0.2) is 0 Å². The Labute approximate surface area is 104 Å². The van der Waals surface area contributed by atoms with Gasteiger partial charge in [-0.25, -0.2) is 0 Å². The third kappa shape index (κ3) is 28.1. The molecule has 0 radical (unpaired) electrons. The van der Waals surface area contributed by atoms with E-state index in [4.69, 9.17) is 10.3 Å². The SMILES string of the molecule is I.[KH].[O-][I+2]([O-])O. The van der Waals surface area contributed by atoms with E-state index in [0.29, 0.717) is 0 Å². The normalized spacial score (nSPS) is 6.00. The van der Waals surface area contributed by atoms with Crippen LogP contribution in [0.1, 0.15) is 0 Å². The Kier molecular flexibility index (Phi) is 29.0. The maximum absolute atomic E-state index is 8.68. The minimum Gasteiger partial charge on any atom is -0.396 e. The van der Waals surface area contributed by atoms with E-state index in [-0.39, 0.29) is 75.4 Å². The molecule has 0 spiro atoms. The Bertz CT molecular complexity index is 13.5. The molecule has 6 heavy (non-hydrogen) atoms. The summed E-state index contributed by atoms with van der Waals surface area (Å²) in [6.45, 7) is 0. The van der Waals surface area contributed by atoms with Gasteiger partial charge in [-0.1, -0.05) is 0 Å². The second-order valence-corrected chi connectivity index (χ2v) is 1.35. The number of hydrogen-bond acceptors (Lipinski definition) is 3. The molecule has 0 unspecified atom stereocenters. The third-order valence-electron chi connectivity index (χ3n) is 0. The molecule has 0 saturated carbocycles. The minimum atomic E-state index is -3.76. The van der Waals surface area contributed by atoms with Gasteiger partial charge in [0.2, 0.25) is 0 Å². The predicted molar refractivity (Wildman–Crippen MR) is 24.8 cm³/mol. The van der Waals surface area contributed by atoms with Gasteiger partial charge in [0.1, 0.15) is 0 Å². The summed E-state index contributed by atoms with van der Waals surface area (Å²) in [5, 5.41) is 0. The molecule has 0 amide bonds. The summed E-state index contributed by atoms with van der Waals surface area (Å²) in [7, 11) is 0. The first kappa shape index (κ1) is 16.0. The van der Waals surface area contributed by atoms with Crippen molar-refractivity contribution in [1.82, 2.24) is 0 Å². The monoisotopic (exact) mass is 344 g/mol. The van der Waals surface area contributed by atoms with Crippen molar-refractivity contribution in [2.75, 3.05) is 0 Å². The van der Waals surface area contributed by atoms with Crippen LogP contribution >= 0.6 is 24.0 Å². The summed E-state index contributed by atoms with van der Waals surface area (Å²) in [4.78, 5) is 0. The van der Waals surface area contributed by atoms with E-state index < -0.39 is 21.1 Å². The van der Waals surface area contributed by atoms with Crippen molar-refractivity contribution in [3.05, 3.63) is 0 Å². The maximum atomic E-state index is 8.68. The Hall–Kier alpha value is 2.98. The van der Waals surface area contributed by atoms with E-state index in [0.717, 1.165) is 0 Å². The van der Waals surface area contributed by atoms with Crippen molar-refractivity contribution in [2.24, 2.45) is 0 Å². The minimum absolute atomic E-state index is 0. The quantitative estimate of drug-likeness (QED) is 0.352. The van der Waals surface area contributed by atoms with Crippen LogP contribution in [0.2, 0.25) is 0 Å². The van der Waals surface area contributed by atoms with Crippen LogP contribution in [0, 0.1) is 0 Å². The standard InChI is InChI=1S/HIO3.HI.K.H/c2-1(3)4;;;/h2H;1H;;. The molecule has 0 rings (SSSR count). The molecule has 0 fully saturated rings. The molecule has 0 aliphatic rings. The van der Waals surface area contributed by atoms with Gasteiger partial charge in [-0.05, 0) is 3.44 Å². The molecule has 0 aliphatic carbocycles. The van der Waals surface area contributed by atoms with Crippen molar-refractivity contribution in [3.63, 3.8) is 0 Å². The Morgan fingerprint density at radius 1 is 1.33 bits per heavy atom. The van der Waals surface area contributed by atoms with Gasteiger partial charge in [-0.15, -0.1) is 24.0 Å². The van der Waals surface area contributed by atoms with E-state index in [9.17, 15) is 0 Å². The zero-order valence-electron chi connectivity index (χ0n) is 2.05. The first-order valence-corrected chi connectivity index (χ1v) is 3.20. The molecular weight excluding hydrogens is 341 g/mol. The molecule has 0 aromatic heterocycles. The molecule has 1 N–H and O–H groups in total. The number of rotatable bonds is 0. The fourth-order valence-electron chi connectivity index (χ4n) is 0. The molecule has 36 valence electrons. The summed E-state index contributed by atoms with van der Waals surface area (Å²) in [6, 6.07) is 0. The molecule has 0 aromatic carbocycles. The fraction of sp³-hybridized carbons (Fsp3) is 0. The average molecular weight is 344 g/mol. The molecule has 0 aliphatic heterocycles. The van der Waals surface area contributed by atoms with Gasteiger partial charge in [-0.2, -0.15) is 0 Å². The van der Waals surface area contributed by atoms with Gasteiger partial charge in [-0.3, -0.25) is 0 Å². The van der Waals surface area contributed by atoms with Gasteiger partial charge in [0.05, 0.1) is 0 Å². The van der Waals surface area contributed by atoms with E-state index in [1.807, 2.05) is 0 Å². The number of hydrogen-bond donors (Lipinski definition) is 1. The van der Waals surface area contributed by atoms with Crippen LogP contribution in [0.4, 0.5) is 0 Å². The molecular formula is H3I2KO3. The Morgan fingerprint density at radius 2 is 1.33 bits per heavy atom. The van der Waals surface area contributed by atoms with Crippen molar-refractivity contribution >= 4 is 75.4 Å². The van der Waals surface area contributed by atoms with E-state index >= 15 is 0 Å².